The van der Waals surface area contributed by atoms with Crippen LogP contribution in [0.15, 0.2) is 12.3 Å². The van der Waals surface area contributed by atoms with Gasteiger partial charge in [-0.25, -0.2) is 14.2 Å². The van der Waals surface area contributed by atoms with Gasteiger partial charge in [-0.15, -0.1) is 0 Å². The van der Waals surface area contributed by atoms with E-state index >= 15 is 0 Å². The molecule has 4 nitrogen and oxygen atoms in total. The van der Waals surface area contributed by atoms with Crippen molar-refractivity contribution in [2.24, 2.45) is 5.73 Å². The predicted molar refractivity (Wildman–Crippen MR) is 39.0 cm³/mol. The Morgan fingerprint density at radius 1 is 1.75 bits per heavy atom. The summed E-state index contributed by atoms with van der Waals surface area (Å²) in [6.07, 6.45) is 1.24. The molecule has 0 fully saturated rings. The molecule has 0 saturated carbocycles. The minimum absolute atomic E-state index is 0.143. The third-order valence-corrected chi connectivity index (χ3v) is 1.34. The van der Waals surface area contributed by atoms with Crippen LogP contribution in [-0.4, -0.2) is 16.1 Å². The highest BCUT2D eigenvalue weighted by Crippen LogP contribution is 2.06. The number of carboxylic acid groups (broad SMARTS) is 1. The quantitative estimate of drug-likeness (QED) is 0.672. The van der Waals surface area contributed by atoms with Crippen LogP contribution >= 0.6 is 0 Å². The standard InChI is InChI=1S/C7H7FN2O2/c8-5-1-4(2-9)3-10-6(5)7(11)12/h1,3H,2,9H2,(H,11,12). The number of pyridine rings is 1. The van der Waals surface area contributed by atoms with E-state index in [1.807, 2.05) is 0 Å². The lowest BCUT2D eigenvalue weighted by molar-refractivity contribution is 0.0685. The van der Waals surface area contributed by atoms with E-state index in [0.29, 0.717) is 5.56 Å². The van der Waals surface area contributed by atoms with Crippen molar-refractivity contribution in [2.75, 3.05) is 0 Å². The van der Waals surface area contributed by atoms with Gasteiger partial charge in [-0.3, -0.25) is 0 Å². The molecule has 0 aromatic carbocycles. The molecular weight excluding hydrogens is 163 g/mol. The Kier molecular flexibility index (Phi) is 2.35. The van der Waals surface area contributed by atoms with Crippen LogP contribution in [0.1, 0.15) is 16.1 Å². The smallest absolute Gasteiger partial charge is 0.357 e. The third kappa shape index (κ3) is 1.57. The summed E-state index contributed by atoms with van der Waals surface area (Å²) in [7, 11) is 0. The van der Waals surface area contributed by atoms with E-state index in [9.17, 15) is 9.18 Å². The third-order valence-electron chi connectivity index (χ3n) is 1.34. The first kappa shape index (κ1) is 8.61. The molecule has 1 aromatic rings. The highest BCUT2D eigenvalue weighted by molar-refractivity contribution is 5.85. The number of carboxylic acids is 1. The molecule has 0 unspecified atom stereocenters. The predicted octanol–water partition coefficient (Wildman–Crippen LogP) is 0.378. The van der Waals surface area contributed by atoms with Gasteiger partial charge in [0.25, 0.3) is 0 Å². The number of halogens is 1. The van der Waals surface area contributed by atoms with Crippen molar-refractivity contribution in [1.29, 1.82) is 0 Å². The van der Waals surface area contributed by atoms with E-state index in [1.165, 1.54) is 6.20 Å². The van der Waals surface area contributed by atoms with E-state index in [-0.39, 0.29) is 6.54 Å². The molecule has 1 rings (SSSR count). The lowest BCUT2D eigenvalue weighted by atomic mass is 10.2. The molecule has 0 bridgehead atoms. The molecule has 12 heavy (non-hydrogen) atoms. The molecule has 0 spiro atoms. The van der Waals surface area contributed by atoms with Gasteiger partial charge in [0, 0.05) is 12.7 Å². The maximum atomic E-state index is 12.8. The second-order valence-electron chi connectivity index (χ2n) is 2.18. The van der Waals surface area contributed by atoms with Gasteiger partial charge in [-0.05, 0) is 11.6 Å². The first-order valence-electron chi connectivity index (χ1n) is 3.23. The number of carbonyl (C=O) groups is 1. The number of rotatable bonds is 2. The zero-order valence-corrected chi connectivity index (χ0v) is 6.12. The van der Waals surface area contributed by atoms with Crippen molar-refractivity contribution in [3.8, 4) is 0 Å². The van der Waals surface area contributed by atoms with Crippen molar-refractivity contribution >= 4 is 5.97 Å². The van der Waals surface area contributed by atoms with Gasteiger partial charge < -0.3 is 10.8 Å². The zero-order chi connectivity index (χ0) is 9.14. The molecule has 0 aliphatic heterocycles. The lowest BCUT2D eigenvalue weighted by Crippen LogP contribution is -2.06. The van der Waals surface area contributed by atoms with Crippen LogP contribution < -0.4 is 5.73 Å². The number of nitrogens with zero attached hydrogens (tertiary/aromatic N) is 1. The van der Waals surface area contributed by atoms with Crippen molar-refractivity contribution < 1.29 is 14.3 Å². The molecule has 0 atom stereocenters. The van der Waals surface area contributed by atoms with Gasteiger partial charge in [0.2, 0.25) is 0 Å². The molecule has 1 heterocycles. The number of hydrogen-bond donors (Lipinski definition) is 2. The first-order chi connectivity index (χ1) is 5.65. The molecule has 64 valence electrons. The average molecular weight is 170 g/mol. The van der Waals surface area contributed by atoms with E-state index in [1.54, 1.807) is 0 Å². The van der Waals surface area contributed by atoms with Gasteiger partial charge >= 0.3 is 5.97 Å². The van der Waals surface area contributed by atoms with Gasteiger partial charge in [0.05, 0.1) is 0 Å². The Hall–Kier alpha value is -1.49. The van der Waals surface area contributed by atoms with Crippen LogP contribution in [0.5, 0.6) is 0 Å². The summed E-state index contributed by atoms with van der Waals surface area (Å²) in [6.45, 7) is 0.143. The van der Waals surface area contributed by atoms with Crippen LogP contribution in [0.2, 0.25) is 0 Å². The summed E-state index contributed by atoms with van der Waals surface area (Å²) in [4.78, 5) is 13.7. The summed E-state index contributed by atoms with van der Waals surface area (Å²) >= 11 is 0. The molecule has 0 aliphatic rings. The second-order valence-corrected chi connectivity index (χ2v) is 2.18. The Balaban J connectivity index is 3.12. The van der Waals surface area contributed by atoms with E-state index in [4.69, 9.17) is 10.8 Å². The van der Waals surface area contributed by atoms with Gasteiger partial charge in [0.15, 0.2) is 11.5 Å². The fraction of sp³-hybridized carbons (Fsp3) is 0.143. The summed E-state index contributed by atoms with van der Waals surface area (Å²) in [5, 5.41) is 8.40. The Labute approximate surface area is 67.8 Å². The van der Waals surface area contributed by atoms with Crippen molar-refractivity contribution in [1.82, 2.24) is 4.98 Å². The van der Waals surface area contributed by atoms with Gasteiger partial charge in [-0.2, -0.15) is 0 Å². The fourth-order valence-corrected chi connectivity index (χ4v) is 0.747. The first-order valence-corrected chi connectivity index (χ1v) is 3.23. The molecule has 0 aliphatic carbocycles. The van der Waals surface area contributed by atoms with Crippen molar-refractivity contribution in [3.63, 3.8) is 0 Å². The fourth-order valence-electron chi connectivity index (χ4n) is 0.747. The number of aromatic carboxylic acids is 1. The molecule has 1 aromatic heterocycles. The number of hydrogen-bond acceptors (Lipinski definition) is 3. The van der Waals surface area contributed by atoms with Crippen molar-refractivity contribution in [2.45, 2.75) is 6.54 Å². The second kappa shape index (κ2) is 3.27. The zero-order valence-electron chi connectivity index (χ0n) is 6.12. The van der Waals surface area contributed by atoms with E-state index in [0.717, 1.165) is 6.07 Å². The topological polar surface area (TPSA) is 76.2 Å². The Morgan fingerprint density at radius 3 is 2.83 bits per heavy atom. The van der Waals surface area contributed by atoms with E-state index < -0.39 is 17.5 Å². The number of nitrogens with two attached hydrogens (primary N) is 1. The van der Waals surface area contributed by atoms with Crippen LogP contribution in [0.4, 0.5) is 4.39 Å². The minimum atomic E-state index is -1.38. The molecule has 0 saturated heterocycles. The van der Waals surface area contributed by atoms with E-state index in [2.05, 4.69) is 4.98 Å². The van der Waals surface area contributed by atoms with Gasteiger partial charge in [0.1, 0.15) is 0 Å². The molecule has 0 amide bonds. The maximum Gasteiger partial charge on any atom is 0.357 e. The van der Waals surface area contributed by atoms with Crippen LogP contribution in [0.3, 0.4) is 0 Å². The SMILES string of the molecule is NCc1cnc(C(=O)O)c(F)c1. The summed E-state index contributed by atoms with van der Waals surface area (Å²) < 4.78 is 12.8. The molecule has 3 N–H and O–H groups in total. The maximum absolute atomic E-state index is 12.8. The largest absolute Gasteiger partial charge is 0.476 e. The highest BCUT2D eigenvalue weighted by atomic mass is 19.1. The van der Waals surface area contributed by atoms with Crippen LogP contribution in [-0.2, 0) is 6.54 Å². The molecule has 5 heteroatoms. The normalized spacial score (nSPS) is 9.83. The summed E-state index contributed by atoms with van der Waals surface area (Å²) in [5.74, 6) is -2.23. The average Bonchev–Trinajstić information content (AvgIpc) is 2.03. The lowest BCUT2D eigenvalue weighted by Gasteiger charge is -1.98. The van der Waals surface area contributed by atoms with Gasteiger partial charge in [-0.1, -0.05) is 0 Å². The summed E-state index contributed by atoms with van der Waals surface area (Å²) in [6, 6.07) is 1.07. The summed E-state index contributed by atoms with van der Waals surface area (Å²) in [5.41, 5.74) is 5.08. The molecule has 0 radical (unpaired) electrons. The monoisotopic (exact) mass is 170 g/mol. The minimum Gasteiger partial charge on any atom is -0.476 e. The highest BCUT2D eigenvalue weighted by Gasteiger charge is 2.11. The Morgan fingerprint density at radius 2 is 2.42 bits per heavy atom. The van der Waals surface area contributed by atoms with Crippen LogP contribution in [0, 0.1) is 5.82 Å². The molecular formula is C7H7FN2O2. The van der Waals surface area contributed by atoms with Crippen LogP contribution in [0.25, 0.3) is 0 Å². The Bertz CT molecular complexity index is 314. The van der Waals surface area contributed by atoms with Crippen molar-refractivity contribution in [3.05, 3.63) is 29.3 Å². The number of aromatic nitrogens is 1.